The normalized spacial score (nSPS) is 14.0. The number of unbranched alkanes of at least 4 members (excludes halogenated alkanes) is 13. The molecule has 0 aliphatic heterocycles. The highest BCUT2D eigenvalue weighted by atomic mass is 16.6. The van der Waals surface area contributed by atoms with E-state index >= 15 is 0 Å². The first kappa shape index (κ1) is 56.7. The number of carbonyl (C=O) groups is 3. The average Bonchev–Trinajstić information content (AvgIpc) is 3.22. The summed E-state index contributed by atoms with van der Waals surface area (Å²) in [6.07, 6.45) is 59.3. The monoisotopic (exact) mass is 846 g/mol. The maximum Gasteiger partial charge on any atom is 0.306 e. The number of carboxylic acids is 1. The maximum absolute atomic E-state index is 12.7. The van der Waals surface area contributed by atoms with Gasteiger partial charge in [-0.05, 0) is 57.8 Å². The van der Waals surface area contributed by atoms with Gasteiger partial charge in [0.2, 0.25) is 0 Å². The first-order chi connectivity index (χ1) is 29.6. The molecule has 2 unspecified atom stereocenters. The van der Waals surface area contributed by atoms with Gasteiger partial charge in [-0.1, -0.05) is 187 Å². The van der Waals surface area contributed by atoms with Crippen LogP contribution in [0.15, 0.2) is 122 Å². The van der Waals surface area contributed by atoms with Crippen LogP contribution in [-0.2, 0) is 28.6 Å². The van der Waals surface area contributed by atoms with E-state index in [9.17, 15) is 19.5 Å². The molecule has 0 aromatic rings. The zero-order valence-corrected chi connectivity index (χ0v) is 38.8. The van der Waals surface area contributed by atoms with Crippen LogP contribution in [0.1, 0.15) is 142 Å². The van der Waals surface area contributed by atoms with Gasteiger partial charge < -0.3 is 28.6 Å². The number of hydrogen-bond acceptors (Lipinski definition) is 7. The van der Waals surface area contributed by atoms with Crippen LogP contribution < -0.4 is 5.11 Å². The van der Waals surface area contributed by atoms with E-state index in [4.69, 9.17) is 14.2 Å². The van der Waals surface area contributed by atoms with E-state index in [0.29, 0.717) is 6.42 Å². The van der Waals surface area contributed by atoms with E-state index < -0.39 is 18.1 Å². The van der Waals surface area contributed by atoms with Crippen LogP contribution in [-0.4, -0.2) is 75.5 Å². The lowest BCUT2D eigenvalue weighted by Crippen LogP contribution is -2.55. The number of carbonyl (C=O) groups excluding carboxylic acids is 3. The lowest BCUT2D eigenvalue weighted by atomic mass is 10.1. The molecule has 0 rings (SSSR count). The van der Waals surface area contributed by atoms with E-state index in [1.807, 2.05) is 72.9 Å². The molecule has 0 bridgehead atoms. The zero-order valence-electron chi connectivity index (χ0n) is 38.8. The van der Waals surface area contributed by atoms with Crippen molar-refractivity contribution in [3.05, 3.63) is 122 Å². The highest BCUT2D eigenvalue weighted by molar-refractivity contribution is 5.70. The van der Waals surface area contributed by atoms with Gasteiger partial charge in [-0.15, -0.1) is 0 Å². The van der Waals surface area contributed by atoms with Crippen molar-refractivity contribution >= 4 is 17.9 Å². The predicted molar refractivity (Wildman–Crippen MR) is 254 cm³/mol. The van der Waals surface area contributed by atoms with E-state index in [2.05, 4.69) is 62.5 Å². The number of quaternary nitrogens is 1. The topological polar surface area (TPSA) is 102 Å². The largest absolute Gasteiger partial charge is 0.544 e. The lowest BCUT2D eigenvalue weighted by Gasteiger charge is -2.34. The van der Waals surface area contributed by atoms with Gasteiger partial charge in [0.25, 0.3) is 0 Å². The Kier molecular flexibility index (Phi) is 39.5. The minimum Gasteiger partial charge on any atom is -0.544 e. The van der Waals surface area contributed by atoms with Crippen LogP contribution in [0.25, 0.3) is 0 Å². The number of esters is 2. The molecule has 0 heterocycles. The minimum absolute atomic E-state index is 0.00785. The molecule has 0 amide bonds. The van der Waals surface area contributed by atoms with Crippen molar-refractivity contribution in [1.82, 2.24) is 0 Å². The Morgan fingerprint density at radius 3 is 1.38 bits per heavy atom. The summed E-state index contributed by atoms with van der Waals surface area (Å²) in [6, 6.07) is -0.746. The van der Waals surface area contributed by atoms with Crippen molar-refractivity contribution in [2.24, 2.45) is 0 Å². The molecule has 2 atom stereocenters. The fourth-order valence-electron chi connectivity index (χ4n) is 5.99. The fourth-order valence-corrected chi connectivity index (χ4v) is 5.99. The van der Waals surface area contributed by atoms with Crippen LogP contribution >= 0.6 is 0 Å². The van der Waals surface area contributed by atoms with Gasteiger partial charge >= 0.3 is 11.9 Å². The molecular formula is C53H83NO7. The molecule has 8 nitrogen and oxygen atoms in total. The molecule has 342 valence electrons. The summed E-state index contributed by atoms with van der Waals surface area (Å²) in [4.78, 5) is 36.9. The molecule has 0 radical (unpaired) electrons. The van der Waals surface area contributed by atoms with Gasteiger partial charge in [-0.2, -0.15) is 0 Å². The van der Waals surface area contributed by atoms with E-state index in [1.165, 1.54) is 32.1 Å². The molecule has 0 aromatic carbocycles. The van der Waals surface area contributed by atoms with Crippen molar-refractivity contribution < 1.29 is 38.2 Å². The second-order valence-corrected chi connectivity index (χ2v) is 16.1. The summed E-state index contributed by atoms with van der Waals surface area (Å²) in [5.41, 5.74) is 0. The number of nitrogens with zero attached hydrogens (tertiary/aromatic N) is 1. The van der Waals surface area contributed by atoms with Gasteiger partial charge in [0, 0.05) is 19.3 Å². The van der Waals surface area contributed by atoms with Crippen molar-refractivity contribution in [2.75, 3.05) is 41.0 Å². The third-order valence-electron chi connectivity index (χ3n) is 9.59. The van der Waals surface area contributed by atoms with E-state index in [-0.39, 0.29) is 55.5 Å². The molecule has 0 spiro atoms. The quantitative estimate of drug-likeness (QED) is 0.0263. The Morgan fingerprint density at radius 2 is 0.918 bits per heavy atom. The van der Waals surface area contributed by atoms with Crippen LogP contribution in [0.3, 0.4) is 0 Å². The van der Waals surface area contributed by atoms with Crippen molar-refractivity contribution in [3.63, 3.8) is 0 Å². The van der Waals surface area contributed by atoms with Crippen molar-refractivity contribution in [2.45, 2.75) is 154 Å². The number of rotatable bonds is 39. The molecule has 0 aromatic heterocycles. The van der Waals surface area contributed by atoms with Crippen molar-refractivity contribution in [1.29, 1.82) is 0 Å². The van der Waals surface area contributed by atoms with Gasteiger partial charge in [0.15, 0.2) is 6.10 Å². The summed E-state index contributed by atoms with van der Waals surface area (Å²) < 4.78 is 17.1. The average molecular weight is 846 g/mol. The Bertz CT molecular complexity index is 1400. The molecule has 0 N–H and O–H groups in total. The maximum atomic E-state index is 12.7. The summed E-state index contributed by atoms with van der Waals surface area (Å²) in [5, 5.41) is 11.6. The van der Waals surface area contributed by atoms with E-state index in [1.54, 1.807) is 21.1 Å². The Hall–Kier alpha value is -4.27. The number of allylic oxidation sites excluding steroid dienone is 20. The molecule has 0 saturated carbocycles. The Balaban J connectivity index is 4.51. The first-order valence-electron chi connectivity index (χ1n) is 23.2. The number of aliphatic carboxylic acids is 1. The standard InChI is InChI=1S/C53H83NO7/c1-6-8-10-12-14-16-18-20-22-24-26-28-29-31-33-35-37-39-41-43-51(55)60-48-49(47-59-46-45-50(53(57)58)54(3,4)5)61-52(56)44-42-40-38-36-34-32-30-27-25-23-21-19-17-15-13-11-9-7-2/h8,10,12,14,16,18-31,33,49-50H,6-7,9,11,13,15,17,32,34-48H2,1-5H3/b10-8+,14-12+,18-16+,21-19+,22-20+,25-23+,26-24+,29-28+,30-27+,33-31+. The molecule has 61 heavy (non-hydrogen) atoms. The first-order valence-corrected chi connectivity index (χ1v) is 23.2. The molecule has 0 fully saturated rings. The van der Waals surface area contributed by atoms with Gasteiger partial charge in [0.1, 0.15) is 12.6 Å². The van der Waals surface area contributed by atoms with Gasteiger partial charge in [0.05, 0.1) is 40.3 Å². The number of carboxylic acid groups (broad SMARTS) is 1. The number of hydrogen-bond donors (Lipinski definition) is 0. The summed E-state index contributed by atoms with van der Waals surface area (Å²) in [7, 11) is 5.37. The SMILES string of the molecule is CC/C=C/C=C/C=C/C=C/C=C/C=C/C=C/CCCCCC(=O)OCC(COCCC(C(=O)[O-])[N+](C)(C)C)OC(=O)CCCCCCC/C=C/C=C/C=C/CCCCCCC. The van der Waals surface area contributed by atoms with Crippen molar-refractivity contribution in [3.8, 4) is 0 Å². The van der Waals surface area contributed by atoms with Gasteiger partial charge in [-0.25, -0.2) is 0 Å². The van der Waals surface area contributed by atoms with Crippen LogP contribution in [0.4, 0.5) is 0 Å². The predicted octanol–water partition coefficient (Wildman–Crippen LogP) is 11.7. The zero-order chi connectivity index (χ0) is 44.9. The molecular weight excluding hydrogens is 763 g/mol. The minimum atomic E-state index is -1.14. The second-order valence-electron chi connectivity index (χ2n) is 16.1. The summed E-state index contributed by atoms with van der Waals surface area (Å²) in [5.74, 6) is -1.84. The molecule has 8 heteroatoms. The highest BCUT2D eigenvalue weighted by Gasteiger charge is 2.25. The fraction of sp³-hybridized carbons (Fsp3) is 0.566. The summed E-state index contributed by atoms with van der Waals surface area (Å²) >= 11 is 0. The third-order valence-corrected chi connectivity index (χ3v) is 9.59. The number of likely N-dealkylation sites (N-methyl/N-ethyl adjacent to an activating group) is 1. The Labute approximate surface area is 371 Å². The lowest BCUT2D eigenvalue weighted by molar-refractivity contribution is -0.889. The van der Waals surface area contributed by atoms with Gasteiger partial charge in [-0.3, -0.25) is 9.59 Å². The highest BCUT2D eigenvalue weighted by Crippen LogP contribution is 2.12. The smallest absolute Gasteiger partial charge is 0.306 e. The van der Waals surface area contributed by atoms with Crippen LogP contribution in [0.5, 0.6) is 0 Å². The van der Waals surface area contributed by atoms with Crippen LogP contribution in [0.2, 0.25) is 0 Å². The molecule has 0 aliphatic carbocycles. The van der Waals surface area contributed by atoms with Crippen LogP contribution in [0, 0.1) is 0 Å². The molecule has 0 aliphatic rings. The number of ether oxygens (including phenoxy) is 3. The summed E-state index contributed by atoms with van der Waals surface area (Å²) in [6.45, 7) is 4.40. The second kappa shape index (κ2) is 42.4. The molecule has 0 saturated heterocycles. The van der Waals surface area contributed by atoms with E-state index in [0.717, 1.165) is 70.6 Å². The Morgan fingerprint density at radius 1 is 0.508 bits per heavy atom. The third kappa shape index (κ3) is 40.9.